The van der Waals surface area contributed by atoms with Gasteiger partial charge in [0.2, 0.25) is 5.43 Å². The molecule has 2 aromatic carbocycles. The van der Waals surface area contributed by atoms with E-state index in [9.17, 15) is 35.9 Å². The molecule has 4 aromatic rings. The maximum absolute atomic E-state index is 12.9. The SMILES string of the molecule is Cc1c(Cl)c(=O)c(-c2ccc(-c3ccc(CNC(C)c4ccc(OC(F)(F)F)cc4)s3)cc2)c(C)n1OC(=O)C(F)(F)F. The van der Waals surface area contributed by atoms with Crippen molar-refractivity contribution in [3.05, 3.63) is 97.7 Å². The van der Waals surface area contributed by atoms with Crippen LogP contribution in [0.1, 0.15) is 34.8 Å². The summed E-state index contributed by atoms with van der Waals surface area (Å²) in [6, 6.07) is 16.0. The highest BCUT2D eigenvalue weighted by Crippen LogP contribution is 2.32. The van der Waals surface area contributed by atoms with Crippen LogP contribution in [-0.2, 0) is 11.3 Å². The first-order chi connectivity index (χ1) is 20.0. The third-order valence-corrected chi connectivity index (χ3v) is 8.02. The van der Waals surface area contributed by atoms with Gasteiger partial charge in [0.1, 0.15) is 10.8 Å². The van der Waals surface area contributed by atoms with E-state index in [4.69, 9.17) is 11.6 Å². The Morgan fingerprint density at radius 1 is 0.930 bits per heavy atom. The summed E-state index contributed by atoms with van der Waals surface area (Å²) in [5.41, 5.74) is 1.14. The van der Waals surface area contributed by atoms with E-state index in [2.05, 4.69) is 14.9 Å². The Morgan fingerprint density at radius 3 is 2.12 bits per heavy atom. The van der Waals surface area contributed by atoms with E-state index in [0.717, 1.165) is 20.9 Å². The van der Waals surface area contributed by atoms with Gasteiger partial charge in [0, 0.05) is 22.3 Å². The number of nitrogens with one attached hydrogen (secondary N) is 1. The van der Waals surface area contributed by atoms with Gasteiger partial charge in [0.05, 0.1) is 17.0 Å². The molecular weight excluding hydrogens is 622 g/mol. The molecule has 1 atom stereocenters. The van der Waals surface area contributed by atoms with Crippen LogP contribution in [0, 0.1) is 13.8 Å². The highest BCUT2D eigenvalue weighted by Gasteiger charge is 2.42. The van der Waals surface area contributed by atoms with Gasteiger partial charge in [-0.05, 0) is 61.7 Å². The summed E-state index contributed by atoms with van der Waals surface area (Å²) in [5.74, 6) is -2.75. The van der Waals surface area contributed by atoms with Crippen LogP contribution >= 0.6 is 22.9 Å². The number of aromatic nitrogens is 1. The number of hydrogen-bond acceptors (Lipinski definition) is 6. The van der Waals surface area contributed by atoms with Crippen LogP contribution in [0.15, 0.2) is 65.5 Å². The van der Waals surface area contributed by atoms with Gasteiger partial charge < -0.3 is 14.9 Å². The first-order valence-corrected chi connectivity index (χ1v) is 13.7. The Labute approximate surface area is 250 Å². The van der Waals surface area contributed by atoms with Crippen molar-refractivity contribution in [2.45, 2.75) is 45.9 Å². The summed E-state index contributed by atoms with van der Waals surface area (Å²) in [6.45, 7) is 4.98. The van der Waals surface area contributed by atoms with Gasteiger partial charge in [0.15, 0.2) is 0 Å². The Balaban J connectivity index is 1.48. The van der Waals surface area contributed by atoms with E-state index in [-0.39, 0.29) is 33.8 Å². The molecule has 4 rings (SSSR count). The quantitative estimate of drug-likeness (QED) is 0.199. The molecule has 1 N–H and O–H groups in total. The van der Waals surface area contributed by atoms with Gasteiger partial charge in [0.25, 0.3) is 0 Å². The second-order valence-electron chi connectivity index (χ2n) is 9.42. The van der Waals surface area contributed by atoms with Crippen LogP contribution in [0.4, 0.5) is 26.3 Å². The topological polar surface area (TPSA) is 69.6 Å². The molecule has 6 nitrogen and oxygen atoms in total. The summed E-state index contributed by atoms with van der Waals surface area (Å²) in [7, 11) is 0. The minimum absolute atomic E-state index is 0.0137. The van der Waals surface area contributed by atoms with Crippen LogP contribution in [0.5, 0.6) is 5.75 Å². The van der Waals surface area contributed by atoms with Crippen molar-refractivity contribution in [2.24, 2.45) is 0 Å². The maximum Gasteiger partial charge on any atom is 0.573 e. The number of benzene rings is 2. The molecular formula is C29H23ClF6N2O4S. The highest BCUT2D eigenvalue weighted by atomic mass is 35.5. The second-order valence-corrected chi connectivity index (χ2v) is 11.0. The predicted octanol–water partition coefficient (Wildman–Crippen LogP) is 7.78. The maximum atomic E-state index is 12.9. The van der Waals surface area contributed by atoms with Crippen molar-refractivity contribution >= 4 is 28.9 Å². The molecule has 0 amide bonds. The number of hydrogen-bond donors (Lipinski definition) is 1. The Morgan fingerprint density at radius 2 is 1.53 bits per heavy atom. The third-order valence-electron chi connectivity index (χ3n) is 6.44. The lowest BCUT2D eigenvalue weighted by atomic mass is 10.0. The number of ether oxygens (including phenoxy) is 1. The normalized spacial score (nSPS) is 12.7. The van der Waals surface area contributed by atoms with Gasteiger partial charge in [-0.15, -0.1) is 24.5 Å². The molecule has 14 heteroatoms. The highest BCUT2D eigenvalue weighted by molar-refractivity contribution is 7.15. The fourth-order valence-electron chi connectivity index (χ4n) is 4.25. The van der Waals surface area contributed by atoms with Gasteiger partial charge in [-0.25, -0.2) is 4.79 Å². The monoisotopic (exact) mass is 644 g/mol. The number of nitrogens with zero attached hydrogens (tertiary/aromatic N) is 1. The summed E-state index contributed by atoms with van der Waals surface area (Å²) in [4.78, 5) is 30.8. The number of carbonyl (C=O) groups excluding carboxylic acids is 1. The zero-order chi connectivity index (χ0) is 31.7. The van der Waals surface area contributed by atoms with Crippen LogP contribution in [0.2, 0.25) is 5.02 Å². The number of halogens is 7. The smallest absolute Gasteiger partial charge is 0.406 e. The molecule has 1 unspecified atom stereocenters. The van der Waals surface area contributed by atoms with Gasteiger partial charge in [-0.1, -0.05) is 48.0 Å². The van der Waals surface area contributed by atoms with Gasteiger partial charge in [-0.3, -0.25) is 4.79 Å². The van der Waals surface area contributed by atoms with Crippen molar-refractivity contribution in [1.29, 1.82) is 0 Å². The summed E-state index contributed by atoms with van der Waals surface area (Å²) in [5, 5.41) is 2.94. The van der Waals surface area contributed by atoms with E-state index in [1.165, 1.54) is 37.3 Å². The Kier molecular flexibility index (Phi) is 9.28. The van der Waals surface area contributed by atoms with E-state index in [1.54, 1.807) is 36.4 Å². The third kappa shape index (κ3) is 7.59. The van der Waals surface area contributed by atoms with Crippen molar-refractivity contribution < 1.29 is 40.7 Å². The summed E-state index contributed by atoms with van der Waals surface area (Å²) < 4.78 is 80.1. The number of alkyl halides is 6. The van der Waals surface area contributed by atoms with Gasteiger partial charge >= 0.3 is 18.5 Å². The van der Waals surface area contributed by atoms with Crippen molar-refractivity contribution in [2.75, 3.05) is 0 Å². The molecule has 2 aromatic heterocycles. The molecule has 0 spiro atoms. The van der Waals surface area contributed by atoms with E-state index in [1.807, 2.05) is 19.1 Å². The van der Waals surface area contributed by atoms with E-state index < -0.39 is 23.9 Å². The van der Waals surface area contributed by atoms with E-state index >= 15 is 0 Å². The molecule has 43 heavy (non-hydrogen) atoms. The lowest BCUT2D eigenvalue weighted by molar-refractivity contribution is -0.274. The summed E-state index contributed by atoms with van der Waals surface area (Å²) in [6.07, 6.45) is -10.0. The van der Waals surface area contributed by atoms with Crippen LogP contribution in [-0.4, -0.2) is 23.2 Å². The lowest BCUT2D eigenvalue weighted by Gasteiger charge is -2.18. The Bertz CT molecular complexity index is 1680. The van der Waals surface area contributed by atoms with Crippen LogP contribution in [0.25, 0.3) is 21.6 Å². The zero-order valence-electron chi connectivity index (χ0n) is 22.7. The molecule has 0 bridgehead atoms. The van der Waals surface area contributed by atoms with Crippen molar-refractivity contribution in [3.8, 4) is 27.3 Å². The average molecular weight is 645 g/mol. The van der Waals surface area contributed by atoms with E-state index in [0.29, 0.717) is 16.8 Å². The molecule has 228 valence electrons. The fraction of sp³-hybridized carbons (Fsp3) is 0.241. The molecule has 0 saturated heterocycles. The zero-order valence-corrected chi connectivity index (χ0v) is 24.3. The minimum atomic E-state index is -5.25. The molecule has 0 saturated carbocycles. The number of thiophene rings is 1. The molecule has 0 fully saturated rings. The second kappa shape index (κ2) is 12.4. The molecule has 0 aliphatic rings. The first kappa shape index (κ1) is 32.1. The lowest BCUT2D eigenvalue weighted by Crippen LogP contribution is -2.36. The average Bonchev–Trinajstić information content (AvgIpc) is 3.41. The standard InChI is InChI=1S/C29H23ClF6N2O4S/c1-15(18-8-10-21(11-9-18)41-29(34,35)36)37-14-22-12-13-23(43-22)19-4-6-20(7-5-19)24-16(2)38(17(3)25(30)26(24)39)42-27(40)28(31,32)33/h4-13,15,37H,14H2,1-3H3. The van der Waals surface area contributed by atoms with Crippen LogP contribution < -0.4 is 20.3 Å². The molecule has 0 radical (unpaired) electrons. The fourth-order valence-corrected chi connectivity index (χ4v) is 5.39. The molecule has 0 aliphatic heterocycles. The number of carbonyl (C=O) groups is 1. The molecule has 0 aliphatic carbocycles. The predicted molar refractivity (Wildman–Crippen MR) is 150 cm³/mol. The van der Waals surface area contributed by atoms with Crippen molar-refractivity contribution in [1.82, 2.24) is 10.0 Å². The van der Waals surface area contributed by atoms with Gasteiger partial charge in [-0.2, -0.15) is 17.9 Å². The minimum Gasteiger partial charge on any atom is -0.406 e. The largest absolute Gasteiger partial charge is 0.573 e. The first-order valence-electron chi connectivity index (χ1n) is 12.5. The number of pyridine rings is 1. The van der Waals surface area contributed by atoms with Crippen LogP contribution in [0.3, 0.4) is 0 Å². The molecule has 2 heterocycles. The number of rotatable bonds is 8. The Hall–Kier alpha value is -3.81. The van der Waals surface area contributed by atoms with Crippen molar-refractivity contribution in [3.63, 3.8) is 0 Å². The summed E-state index contributed by atoms with van der Waals surface area (Å²) >= 11 is 7.60.